The number of aryl methyl sites for hydroxylation is 1. The molecular formula is C17H16O3. The highest BCUT2D eigenvalue weighted by atomic mass is 16.5. The van der Waals surface area contributed by atoms with Crippen molar-refractivity contribution < 1.29 is 14.6 Å². The lowest BCUT2D eigenvalue weighted by Crippen LogP contribution is -2.01. The largest absolute Gasteiger partial charge is 0.507 e. The number of carbonyl (C=O) groups is 1. The second-order valence-electron chi connectivity index (χ2n) is 4.42. The van der Waals surface area contributed by atoms with Crippen LogP contribution in [0.25, 0.3) is 6.08 Å². The molecule has 0 aliphatic carbocycles. The molecule has 0 bridgehead atoms. The van der Waals surface area contributed by atoms with Crippen molar-refractivity contribution in [1.82, 2.24) is 0 Å². The molecule has 0 aliphatic rings. The van der Waals surface area contributed by atoms with Gasteiger partial charge in [-0.3, -0.25) is 4.79 Å². The summed E-state index contributed by atoms with van der Waals surface area (Å²) in [6, 6.07) is 12.7. The maximum Gasteiger partial charge on any atom is 0.193 e. The maximum absolute atomic E-state index is 12.2. The molecule has 0 heterocycles. The van der Waals surface area contributed by atoms with Gasteiger partial charge in [0, 0.05) is 0 Å². The molecule has 2 rings (SSSR count). The third-order valence-corrected chi connectivity index (χ3v) is 3.01. The minimum atomic E-state index is -0.285. The predicted molar refractivity (Wildman–Crippen MR) is 79.2 cm³/mol. The number of rotatable bonds is 4. The summed E-state index contributed by atoms with van der Waals surface area (Å²) in [6.07, 6.45) is 3.15. The van der Waals surface area contributed by atoms with Crippen LogP contribution in [0.3, 0.4) is 0 Å². The van der Waals surface area contributed by atoms with Gasteiger partial charge in [-0.25, -0.2) is 0 Å². The average Bonchev–Trinajstić information content (AvgIpc) is 2.48. The number of hydrogen-bond acceptors (Lipinski definition) is 3. The lowest BCUT2D eigenvalue weighted by Gasteiger charge is -2.10. The van der Waals surface area contributed by atoms with Crippen LogP contribution in [-0.4, -0.2) is 18.0 Å². The van der Waals surface area contributed by atoms with Gasteiger partial charge in [-0.2, -0.15) is 0 Å². The highest BCUT2D eigenvalue weighted by Gasteiger charge is 2.16. The molecule has 0 saturated heterocycles. The average molecular weight is 268 g/mol. The molecule has 0 atom stereocenters. The maximum atomic E-state index is 12.2. The lowest BCUT2D eigenvalue weighted by atomic mass is 10.0. The van der Waals surface area contributed by atoms with Crippen LogP contribution >= 0.6 is 0 Å². The molecular weight excluding hydrogens is 252 g/mol. The fraction of sp³-hybridized carbons (Fsp3) is 0.118. The molecule has 0 spiro atoms. The van der Waals surface area contributed by atoms with E-state index in [4.69, 9.17) is 4.74 Å². The van der Waals surface area contributed by atoms with Crippen LogP contribution in [0.5, 0.6) is 11.5 Å². The third kappa shape index (κ3) is 2.88. The predicted octanol–water partition coefficient (Wildman–Crippen LogP) is 3.61. The van der Waals surface area contributed by atoms with E-state index in [9.17, 15) is 9.90 Å². The summed E-state index contributed by atoms with van der Waals surface area (Å²) in [5.74, 6) is 0.0507. The van der Waals surface area contributed by atoms with E-state index in [0.29, 0.717) is 5.75 Å². The molecule has 0 fully saturated rings. The first-order chi connectivity index (χ1) is 9.63. The van der Waals surface area contributed by atoms with Gasteiger partial charge in [0.2, 0.25) is 0 Å². The van der Waals surface area contributed by atoms with E-state index in [1.54, 1.807) is 12.1 Å². The number of aromatic hydroxyl groups is 1. The van der Waals surface area contributed by atoms with E-state index in [2.05, 4.69) is 0 Å². The third-order valence-electron chi connectivity index (χ3n) is 3.01. The standard InChI is InChI=1S/C17H16O3/c1-12-8-10-14(18)16(17(12)20-2)15(19)11-9-13-6-4-3-5-7-13/h3-11,18H,1-2H3/b11-9+. The molecule has 102 valence electrons. The zero-order chi connectivity index (χ0) is 14.5. The van der Waals surface area contributed by atoms with Crippen LogP contribution in [0.2, 0.25) is 0 Å². The Bertz CT molecular complexity index is 643. The number of phenols is 1. The first kappa shape index (κ1) is 13.9. The van der Waals surface area contributed by atoms with Gasteiger partial charge in [-0.1, -0.05) is 42.5 Å². The van der Waals surface area contributed by atoms with Gasteiger partial charge < -0.3 is 9.84 Å². The van der Waals surface area contributed by atoms with Crippen molar-refractivity contribution in [2.75, 3.05) is 7.11 Å². The lowest BCUT2D eigenvalue weighted by molar-refractivity contribution is 0.104. The van der Waals surface area contributed by atoms with Crippen molar-refractivity contribution in [2.24, 2.45) is 0 Å². The minimum absolute atomic E-state index is 0.0739. The van der Waals surface area contributed by atoms with Crippen molar-refractivity contribution in [3.8, 4) is 11.5 Å². The van der Waals surface area contributed by atoms with Crippen molar-refractivity contribution >= 4 is 11.9 Å². The fourth-order valence-corrected chi connectivity index (χ4v) is 2.00. The monoisotopic (exact) mass is 268 g/mol. The highest BCUT2D eigenvalue weighted by Crippen LogP contribution is 2.31. The van der Waals surface area contributed by atoms with Crippen molar-refractivity contribution in [2.45, 2.75) is 6.92 Å². The number of benzene rings is 2. The summed E-state index contributed by atoms with van der Waals surface area (Å²) in [4.78, 5) is 12.2. The van der Waals surface area contributed by atoms with Crippen LogP contribution in [0.15, 0.2) is 48.5 Å². The molecule has 3 nitrogen and oxygen atoms in total. The Kier molecular flexibility index (Phi) is 4.20. The zero-order valence-corrected chi connectivity index (χ0v) is 11.5. The van der Waals surface area contributed by atoms with Crippen molar-refractivity contribution in [3.63, 3.8) is 0 Å². The molecule has 3 heteroatoms. The van der Waals surface area contributed by atoms with Crippen LogP contribution in [0.4, 0.5) is 0 Å². The fourth-order valence-electron chi connectivity index (χ4n) is 2.00. The Balaban J connectivity index is 2.35. The van der Waals surface area contributed by atoms with Gasteiger partial charge >= 0.3 is 0 Å². The van der Waals surface area contributed by atoms with Crippen LogP contribution in [-0.2, 0) is 0 Å². The van der Waals surface area contributed by atoms with Gasteiger partial charge in [0.1, 0.15) is 17.1 Å². The summed E-state index contributed by atoms with van der Waals surface area (Å²) < 4.78 is 5.22. The molecule has 2 aromatic rings. The summed E-state index contributed by atoms with van der Waals surface area (Å²) >= 11 is 0. The van der Waals surface area contributed by atoms with Crippen LogP contribution < -0.4 is 4.74 Å². The molecule has 1 N–H and O–H groups in total. The number of ether oxygens (including phenoxy) is 1. The van der Waals surface area contributed by atoms with Crippen molar-refractivity contribution in [3.05, 3.63) is 65.2 Å². The molecule has 0 radical (unpaired) electrons. The Labute approximate surface area is 118 Å². The van der Waals surface area contributed by atoms with E-state index in [-0.39, 0.29) is 17.1 Å². The number of allylic oxidation sites excluding steroid dienone is 1. The van der Waals surface area contributed by atoms with Gasteiger partial charge in [-0.15, -0.1) is 0 Å². The topological polar surface area (TPSA) is 46.5 Å². The van der Waals surface area contributed by atoms with E-state index >= 15 is 0 Å². The zero-order valence-electron chi connectivity index (χ0n) is 11.5. The quantitative estimate of drug-likeness (QED) is 0.680. The Morgan fingerprint density at radius 3 is 2.50 bits per heavy atom. The van der Waals surface area contributed by atoms with Gasteiger partial charge in [0.25, 0.3) is 0 Å². The molecule has 0 unspecified atom stereocenters. The molecule has 0 aliphatic heterocycles. The number of ketones is 1. The number of carbonyl (C=O) groups excluding carboxylic acids is 1. The Hall–Kier alpha value is -2.55. The van der Waals surface area contributed by atoms with Crippen LogP contribution in [0, 0.1) is 6.92 Å². The number of phenolic OH excluding ortho intramolecular Hbond substituents is 1. The summed E-state index contributed by atoms with van der Waals surface area (Å²) in [7, 11) is 1.49. The van der Waals surface area contributed by atoms with E-state index in [0.717, 1.165) is 11.1 Å². The summed E-state index contributed by atoms with van der Waals surface area (Å²) in [5, 5.41) is 9.88. The minimum Gasteiger partial charge on any atom is -0.507 e. The number of methoxy groups -OCH3 is 1. The Morgan fingerprint density at radius 1 is 1.15 bits per heavy atom. The summed E-state index contributed by atoms with van der Waals surface area (Å²) in [6.45, 7) is 1.83. The first-order valence-corrected chi connectivity index (χ1v) is 6.27. The normalized spacial score (nSPS) is 10.7. The second kappa shape index (κ2) is 6.06. The van der Waals surface area contributed by atoms with Crippen molar-refractivity contribution in [1.29, 1.82) is 0 Å². The second-order valence-corrected chi connectivity index (χ2v) is 4.42. The molecule has 20 heavy (non-hydrogen) atoms. The van der Waals surface area contributed by atoms with E-state index in [1.807, 2.05) is 37.3 Å². The smallest absolute Gasteiger partial charge is 0.193 e. The van der Waals surface area contributed by atoms with Gasteiger partial charge in [0.05, 0.1) is 7.11 Å². The number of hydrogen-bond donors (Lipinski definition) is 1. The van der Waals surface area contributed by atoms with E-state index in [1.165, 1.54) is 19.3 Å². The Morgan fingerprint density at radius 2 is 1.85 bits per heavy atom. The molecule has 2 aromatic carbocycles. The highest BCUT2D eigenvalue weighted by molar-refractivity contribution is 6.10. The molecule has 0 amide bonds. The molecule has 0 aromatic heterocycles. The van der Waals surface area contributed by atoms with E-state index < -0.39 is 0 Å². The summed E-state index contributed by atoms with van der Waals surface area (Å²) in [5.41, 5.74) is 1.92. The van der Waals surface area contributed by atoms with Gasteiger partial charge in [-0.05, 0) is 30.2 Å². The van der Waals surface area contributed by atoms with Gasteiger partial charge in [0.15, 0.2) is 5.78 Å². The first-order valence-electron chi connectivity index (χ1n) is 6.27. The molecule has 0 saturated carbocycles. The SMILES string of the molecule is COc1c(C)ccc(O)c1C(=O)/C=C/c1ccccc1. The van der Waals surface area contributed by atoms with Crippen LogP contribution in [0.1, 0.15) is 21.5 Å².